The minimum absolute atomic E-state index is 0.219. The van der Waals surface area contributed by atoms with Crippen LogP contribution in [0.25, 0.3) is 0 Å². The van der Waals surface area contributed by atoms with E-state index in [0.717, 1.165) is 0 Å². The van der Waals surface area contributed by atoms with Gasteiger partial charge in [0, 0.05) is 0 Å². The van der Waals surface area contributed by atoms with E-state index in [1.165, 1.54) is 24.3 Å². The highest BCUT2D eigenvalue weighted by atomic mass is 16.4. The molecule has 3 nitrogen and oxygen atoms in total. The first kappa shape index (κ1) is 6.61. The molecule has 51 valence electrons. The molecule has 0 saturated heterocycles. The average Bonchev–Trinajstić information content (AvgIpc) is 1.88. The smallest absolute Gasteiger partial charge is 0.335 e. The van der Waals surface area contributed by atoms with Gasteiger partial charge in [0.25, 0.3) is 0 Å². The minimum atomic E-state index is -0.958. The number of hydrogen-bond donors (Lipinski definition) is 1. The molecule has 0 atom stereocenters. The van der Waals surface area contributed by atoms with Crippen molar-refractivity contribution in [2.75, 3.05) is 0 Å². The van der Waals surface area contributed by atoms with Crippen LogP contribution >= 0.6 is 0 Å². The Kier molecular flexibility index (Phi) is 1.58. The molecule has 0 saturated carbocycles. The Balaban J connectivity index is 3.00. The summed E-state index contributed by atoms with van der Waals surface area (Å²) in [5.74, 6) is -0.958. The molecule has 0 bridgehead atoms. The van der Waals surface area contributed by atoms with Gasteiger partial charge in [-0.15, -0.1) is 0 Å². The number of benzene rings is 1. The first-order chi connectivity index (χ1) is 4.70. The third-order valence-electron chi connectivity index (χ3n) is 1.13. The van der Waals surface area contributed by atoms with Crippen molar-refractivity contribution in [1.29, 1.82) is 0 Å². The lowest BCUT2D eigenvalue weighted by Crippen LogP contribution is -1.94. The summed E-state index contributed by atoms with van der Waals surface area (Å²) in [6.45, 7) is 0. The molecule has 0 aliphatic carbocycles. The molecule has 0 aromatic heterocycles. The zero-order valence-corrected chi connectivity index (χ0v) is 5.16. The molecule has 0 spiro atoms. The molecule has 2 N–H and O–H groups in total. The molecule has 1 rings (SSSR count). The van der Waals surface area contributed by atoms with Gasteiger partial charge >= 0.3 is 5.97 Å². The maximum atomic E-state index is 10.3. The van der Waals surface area contributed by atoms with E-state index >= 15 is 0 Å². The number of hydrogen-bond acceptors (Lipinski definition) is 1. The topological polar surface area (TPSA) is 61.1 Å². The summed E-state index contributed by atoms with van der Waals surface area (Å²) in [6.07, 6.45) is 0. The molecule has 3 heteroatoms. The van der Waals surface area contributed by atoms with Crippen molar-refractivity contribution in [2.45, 2.75) is 0 Å². The Morgan fingerprint density at radius 2 is 1.80 bits per heavy atom. The van der Waals surface area contributed by atoms with Gasteiger partial charge in [0.15, 0.2) is 0 Å². The third kappa shape index (κ3) is 1.25. The Morgan fingerprint density at radius 1 is 1.30 bits per heavy atom. The molecular formula is C7H6NO2. The van der Waals surface area contributed by atoms with Gasteiger partial charge in [-0.05, 0) is 24.3 Å². The average molecular weight is 136 g/mol. The lowest BCUT2D eigenvalue weighted by molar-refractivity contribution is 0.0697. The highest BCUT2D eigenvalue weighted by molar-refractivity contribution is 5.87. The third-order valence-corrected chi connectivity index (χ3v) is 1.13. The van der Waals surface area contributed by atoms with Crippen LogP contribution in [0.15, 0.2) is 24.3 Å². The van der Waals surface area contributed by atoms with Crippen LogP contribution < -0.4 is 5.73 Å². The van der Waals surface area contributed by atoms with Crippen LogP contribution in [0.4, 0.5) is 5.69 Å². The summed E-state index contributed by atoms with van der Waals surface area (Å²) in [4.78, 5) is 10.3. The summed E-state index contributed by atoms with van der Waals surface area (Å²) < 4.78 is 0. The van der Waals surface area contributed by atoms with E-state index in [4.69, 9.17) is 10.8 Å². The van der Waals surface area contributed by atoms with E-state index in [0.29, 0.717) is 5.69 Å². The van der Waals surface area contributed by atoms with Crippen LogP contribution in [0.5, 0.6) is 0 Å². The molecule has 1 aromatic rings. The monoisotopic (exact) mass is 136 g/mol. The van der Waals surface area contributed by atoms with Gasteiger partial charge in [0.2, 0.25) is 0 Å². The van der Waals surface area contributed by atoms with E-state index in [9.17, 15) is 4.79 Å². The second kappa shape index (κ2) is 2.39. The normalized spacial score (nSPS) is 9.20. The second-order valence-corrected chi connectivity index (χ2v) is 1.88. The van der Waals surface area contributed by atoms with Crippen molar-refractivity contribution in [3.8, 4) is 0 Å². The highest BCUT2D eigenvalue weighted by Gasteiger charge is 1.98. The molecular weight excluding hydrogens is 130 g/mol. The molecule has 0 unspecified atom stereocenters. The predicted octanol–water partition coefficient (Wildman–Crippen LogP) is 1.30. The standard InChI is InChI=1S/C7H6NO2/c8-6-3-1-5(2-4-6)7(9)10/h1-4,8H,(H,9,10). The van der Waals surface area contributed by atoms with Gasteiger partial charge in [-0.2, -0.15) is 0 Å². The SMILES string of the molecule is [NH]c1ccc(C(=O)O)cc1. The van der Waals surface area contributed by atoms with Gasteiger partial charge in [-0.25, -0.2) is 4.79 Å². The van der Waals surface area contributed by atoms with Crippen molar-refractivity contribution in [3.63, 3.8) is 0 Å². The van der Waals surface area contributed by atoms with Gasteiger partial charge in [-0.1, -0.05) is 0 Å². The summed E-state index contributed by atoms with van der Waals surface area (Å²) in [6, 6.07) is 5.71. The van der Waals surface area contributed by atoms with E-state index in [2.05, 4.69) is 0 Å². The maximum absolute atomic E-state index is 10.3. The molecule has 0 fully saturated rings. The maximum Gasteiger partial charge on any atom is 0.335 e. The van der Waals surface area contributed by atoms with Crippen molar-refractivity contribution in [2.24, 2.45) is 0 Å². The van der Waals surface area contributed by atoms with E-state index in [1.807, 2.05) is 0 Å². The molecule has 0 heterocycles. The number of rotatable bonds is 1. The molecule has 1 radical (unpaired) electrons. The summed E-state index contributed by atoms with van der Waals surface area (Å²) in [5, 5.41) is 8.41. The number of aromatic carboxylic acids is 1. The molecule has 0 aliphatic heterocycles. The fourth-order valence-corrected chi connectivity index (χ4v) is 0.613. The molecule has 1 aromatic carbocycles. The minimum Gasteiger partial charge on any atom is -0.478 e. The zero-order valence-electron chi connectivity index (χ0n) is 5.16. The Labute approximate surface area is 58.1 Å². The second-order valence-electron chi connectivity index (χ2n) is 1.88. The van der Waals surface area contributed by atoms with Crippen LogP contribution in [0.2, 0.25) is 0 Å². The van der Waals surface area contributed by atoms with Crippen molar-refractivity contribution in [3.05, 3.63) is 29.8 Å². The quantitative estimate of drug-likeness (QED) is 0.632. The first-order valence-corrected chi connectivity index (χ1v) is 2.75. The Bertz CT molecular complexity index is 240. The van der Waals surface area contributed by atoms with Crippen molar-refractivity contribution < 1.29 is 9.90 Å². The van der Waals surface area contributed by atoms with Crippen LogP contribution in [0.1, 0.15) is 10.4 Å². The fourth-order valence-electron chi connectivity index (χ4n) is 0.613. The van der Waals surface area contributed by atoms with Crippen molar-refractivity contribution >= 4 is 11.7 Å². The number of carboxylic acid groups (broad SMARTS) is 1. The number of carbonyl (C=O) groups is 1. The zero-order chi connectivity index (χ0) is 7.56. The molecule has 10 heavy (non-hydrogen) atoms. The van der Waals surface area contributed by atoms with Crippen LogP contribution in [0.3, 0.4) is 0 Å². The molecule has 0 amide bonds. The predicted molar refractivity (Wildman–Crippen MR) is 36.2 cm³/mol. The Morgan fingerprint density at radius 3 is 2.20 bits per heavy atom. The Hall–Kier alpha value is -1.51. The summed E-state index contributed by atoms with van der Waals surface area (Å²) in [7, 11) is 0. The van der Waals surface area contributed by atoms with Gasteiger partial charge < -0.3 is 10.8 Å². The van der Waals surface area contributed by atoms with Crippen molar-refractivity contribution in [1.82, 2.24) is 5.73 Å². The van der Waals surface area contributed by atoms with E-state index in [-0.39, 0.29) is 5.56 Å². The summed E-state index contributed by atoms with van der Waals surface area (Å²) in [5.41, 5.74) is 7.58. The largest absolute Gasteiger partial charge is 0.478 e. The van der Waals surface area contributed by atoms with Gasteiger partial charge in [0.1, 0.15) is 0 Å². The van der Waals surface area contributed by atoms with Crippen LogP contribution in [-0.2, 0) is 0 Å². The lowest BCUT2D eigenvalue weighted by Gasteiger charge is -1.92. The summed E-state index contributed by atoms with van der Waals surface area (Å²) >= 11 is 0. The highest BCUT2D eigenvalue weighted by Crippen LogP contribution is 2.05. The van der Waals surface area contributed by atoms with Crippen LogP contribution in [0, 0.1) is 0 Å². The first-order valence-electron chi connectivity index (χ1n) is 2.75. The van der Waals surface area contributed by atoms with E-state index in [1.54, 1.807) is 0 Å². The van der Waals surface area contributed by atoms with Gasteiger partial charge in [0.05, 0.1) is 11.3 Å². The number of nitrogens with one attached hydrogen (secondary N) is 1. The fraction of sp³-hybridized carbons (Fsp3) is 0. The lowest BCUT2D eigenvalue weighted by atomic mass is 10.2. The number of carboxylic acids is 1. The van der Waals surface area contributed by atoms with Crippen LogP contribution in [-0.4, -0.2) is 11.1 Å². The van der Waals surface area contributed by atoms with E-state index < -0.39 is 5.97 Å². The van der Waals surface area contributed by atoms with Gasteiger partial charge in [-0.3, -0.25) is 0 Å². The molecule has 0 aliphatic rings.